The van der Waals surface area contributed by atoms with Crippen LogP contribution in [0.2, 0.25) is 0 Å². The third-order valence-electron chi connectivity index (χ3n) is 24.3. The first kappa shape index (κ1) is 119. The second kappa shape index (κ2) is 68.8. The number of carboxylic acids is 6. The van der Waals surface area contributed by atoms with E-state index in [1.807, 2.05) is 121 Å². The van der Waals surface area contributed by atoms with E-state index in [1.165, 1.54) is 0 Å². The SMILES string of the molecule is O=C(O)CC[C@H](NC(=O)N[C@@H](CCCCNC(=O)CCCCCCCNC(=O)C(Cc1ccccc1)NC(=O)[C@H](Cc1ccccc1)NC(=O)CCCC(=O)NC12CNCCNCC(NC(=O)CCCC(=O)NC(Cc3ccccc3)C(=O)N[C@@H](Cc3ccccc3)C(=O)NCCCCCCCC(=O)NCCCC[C@H](NC(=O)N[C@@H](CCC(=O)O)C(=O)O)C(=O)O)(CNCCNC1)CNCCNC2)C(=O)O)C(=O)O. The first-order valence-electron chi connectivity index (χ1n) is 50.1. The Balaban J connectivity index is 0.915. The molecule has 794 valence electrons. The van der Waals surface area contributed by atoms with Gasteiger partial charge in [-0.3, -0.25) is 57.5 Å². The van der Waals surface area contributed by atoms with Crippen LogP contribution >= 0.6 is 0 Å². The Morgan fingerprint density at radius 2 is 0.479 bits per heavy atom. The molecular formula is C100H150N20O24. The van der Waals surface area contributed by atoms with Crippen LogP contribution in [0.5, 0.6) is 0 Å². The Hall–Kier alpha value is -13.3. The molecule has 26 N–H and O–H groups in total. The maximum atomic E-state index is 14.5. The molecule has 4 aromatic rings. The number of aliphatic carboxylic acids is 6. The molecular weight excluding hydrogens is 1870 g/mol. The summed E-state index contributed by atoms with van der Waals surface area (Å²) in [6, 6.07) is 24.5. The summed E-state index contributed by atoms with van der Waals surface area (Å²) in [6.07, 6.45) is 7.49. The van der Waals surface area contributed by atoms with Gasteiger partial charge >= 0.3 is 47.9 Å². The van der Waals surface area contributed by atoms with Crippen molar-refractivity contribution in [3.05, 3.63) is 144 Å². The largest absolute Gasteiger partial charge is 0.481 e. The van der Waals surface area contributed by atoms with E-state index in [4.69, 9.17) is 10.2 Å². The zero-order valence-corrected chi connectivity index (χ0v) is 82.1. The van der Waals surface area contributed by atoms with Crippen LogP contribution in [0.15, 0.2) is 121 Å². The molecule has 3 saturated heterocycles. The van der Waals surface area contributed by atoms with Crippen LogP contribution in [-0.4, -0.2) is 302 Å². The normalized spacial score (nSPS) is 16.6. The lowest BCUT2D eigenvalue weighted by molar-refractivity contribution is -0.142. The van der Waals surface area contributed by atoms with Gasteiger partial charge in [-0.1, -0.05) is 160 Å². The molecule has 2 unspecified atom stereocenters. The van der Waals surface area contributed by atoms with E-state index in [0.717, 1.165) is 60.8 Å². The topological polar surface area (TPSA) is 669 Å². The molecule has 3 aliphatic heterocycles. The molecule has 3 heterocycles. The van der Waals surface area contributed by atoms with E-state index in [9.17, 15) is 107 Å². The highest BCUT2D eigenvalue weighted by molar-refractivity contribution is 5.94. The summed E-state index contributed by atoms with van der Waals surface area (Å²) in [5, 5.41) is 115. The number of carboxylic acid groups (broad SMARTS) is 6. The predicted octanol–water partition coefficient (Wildman–Crippen LogP) is 1.14. The third-order valence-corrected chi connectivity index (χ3v) is 24.3. The predicted molar refractivity (Wildman–Crippen MR) is 533 cm³/mol. The maximum Gasteiger partial charge on any atom is 0.326 e. The fourth-order valence-electron chi connectivity index (χ4n) is 16.4. The highest BCUT2D eigenvalue weighted by atomic mass is 16.4. The van der Waals surface area contributed by atoms with Crippen molar-refractivity contribution >= 4 is 107 Å². The van der Waals surface area contributed by atoms with Crippen LogP contribution < -0.4 is 106 Å². The molecule has 0 aliphatic carbocycles. The van der Waals surface area contributed by atoms with Gasteiger partial charge in [0, 0.05) is 182 Å². The summed E-state index contributed by atoms with van der Waals surface area (Å²) in [6.45, 7) is 6.09. The Morgan fingerprint density at radius 1 is 0.236 bits per heavy atom. The molecule has 0 spiro atoms. The van der Waals surface area contributed by atoms with Crippen molar-refractivity contribution in [3.63, 3.8) is 0 Å². The highest BCUT2D eigenvalue weighted by Crippen LogP contribution is 2.17. The van der Waals surface area contributed by atoms with Gasteiger partial charge in [0.1, 0.15) is 48.3 Å². The number of fused-ring (bicyclic) bond motifs is 15. The van der Waals surface area contributed by atoms with Crippen molar-refractivity contribution in [1.29, 1.82) is 0 Å². The number of amides is 14. The minimum atomic E-state index is -1.53. The Labute approximate surface area is 839 Å². The van der Waals surface area contributed by atoms with Crippen LogP contribution in [0.25, 0.3) is 0 Å². The van der Waals surface area contributed by atoms with Crippen molar-refractivity contribution in [2.24, 2.45) is 0 Å². The van der Waals surface area contributed by atoms with Gasteiger partial charge in [-0.2, -0.15) is 0 Å². The quantitative estimate of drug-likeness (QED) is 0.0276. The zero-order valence-electron chi connectivity index (χ0n) is 82.1. The molecule has 3 fully saturated rings. The Morgan fingerprint density at radius 3 is 0.764 bits per heavy atom. The standard InChI is InChI=1S/C100H150N20O24/c121-81(107-49-25-21-37-73(93(135)136)115-97(143)117-75(95(139)140)45-47-87(127)128)39-19-3-1-5-23-51-109-89(131)77(59-69-29-11-7-12-30-69)113-91(133)79(61-71-33-15-9-16-34-71)111-83(123)41-27-43-85(125)119-99-63-101-53-56-104-66-100(67-105-57-54-102-64-99,68-106-58-55-103-65-99)120-86(126)44-28-42-84(124)112-80(62-72-35-17-10-18-36-72)92(134)114-78(60-70-31-13-8-14-32-70)90(132)110-52-24-6-2-4-20-40-82(122)108-50-26-22-38-74(94(137)138)116-98(144)118-76(96(141)142)46-48-88(129)130/h7-18,29-36,73-80,101-106H,1-6,19-28,37-68H2,(H,107,121)(H,108,122)(H,109,131)(H,110,132)(H,111,123)(H,112,124)(H,113,133)(H,114,134)(H,119,125)(H,120,126)(H,127,128)(H,129,130)(H,135,136)(H,137,138)(H,139,140)(H,141,142)(H2,115,117,143)(H2,116,118,144)/t73-,74-,75-,76-,77-,78?,79?,80-,99?,100?/m0/s1. The van der Waals surface area contributed by atoms with Gasteiger partial charge in [0.25, 0.3) is 0 Å². The fourth-order valence-corrected chi connectivity index (χ4v) is 16.4. The van der Waals surface area contributed by atoms with Gasteiger partial charge in [0.2, 0.25) is 59.1 Å². The summed E-state index contributed by atoms with van der Waals surface area (Å²) in [4.78, 5) is 231. The summed E-state index contributed by atoms with van der Waals surface area (Å²) >= 11 is 0. The summed E-state index contributed by atoms with van der Waals surface area (Å²) in [5.74, 6) is -12.1. The second-order valence-corrected chi connectivity index (χ2v) is 36.5. The van der Waals surface area contributed by atoms with Gasteiger partial charge < -0.3 is 137 Å². The van der Waals surface area contributed by atoms with Gasteiger partial charge in [0.15, 0.2) is 0 Å². The maximum absolute atomic E-state index is 14.5. The van der Waals surface area contributed by atoms with E-state index in [-0.39, 0.29) is 127 Å². The average molecular weight is 2020 g/mol. The van der Waals surface area contributed by atoms with E-state index in [1.54, 1.807) is 0 Å². The lowest BCUT2D eigenvalue weighted by Gasteiger charge is -2.39. The summed E-state index contributed by atoms with van der Waals surface area (Å²) in [5.41, 5.74) is 1.42. The molecule has 144 heavy (non-hydrogen) atoms. The molecule has 3 aliphatic rings. The Kier molecular flexibility index (Phi) is 57.1. The molecule has 0 radical (unpaired) electrons. The zero-order chi connectivity index (χ0) is 105. The van der Waals surface area contributed by atoms with Crippen LogP contribution in [0.4, 0.5) is 9.59 Å². The number of nitrogens with one attached hydrogen (secondary N) is 20. The molecule has 44 nitrogen and oxygen atoms in total. The molecule has 0 saturated carbocycles. The number of urea groups is 2. The molecule has 7 rings (SSSR count). The molecule has 4 aromatic carbocycles. The first-order chi connectivity index (χ1) is 69.3. The van der Waals surface area contributed by atoms with Crippen molar-refractivity contribution in [2.45, 2.75) is 265 Å². The van der Waals surface area contributed by atoms with E-state index in [2.05, 4.69) is 106 Å². The number of rotatable bonds is 66. The Bertz CT molecular complexity index is 4340. The number of hydrogen-bond acceptors (Lipinski definition) is 24. The fraction of sp³-hybridized carbons (Fsp3) is 0.580. The first-order valence-corrected chi connectivity index (χ1v) is 50.1. The molecule has 44 heteroatoms. The lowest BCUT2D eigenvalue weighted by Crippen LogP contribution is -2.68. The van der Waals surface area contributed by atoms with Crippen LogP contribution in [0.3, 0.4) is 0 Å². The monoisotopic (exact) mass is 2020 g/mol. The summed E-state index contributed by atoms with van der Waals surface area (Å²) in [7, 11) is 0. The van der Waals surface area contributed by atoms with Crippen molar-refractivity contribution in [3.8, 4) is 0 Å². The molecule has 2 bridgehead atoms. The van der Waals surface area contributed by atoms with E-state index < -0.39 is 168 Å². The number of carbonyl (C=O) groups excluding carboxylic acids is 12. The lowest BCUT2D eigenvalue weighted by atomic mass is 9.96. The smallest absolute Gasteiger partial charge is 0.326 e. The van der Waals surface area contributed by atoms with Gasteiger partial charge in [-0.15, -0.1) is 0 Å². The van der Waals surface area contributed by atoms with Crippen LogP contribution in [0.1, 0.15) is 202 Å². The van der Waals surface area contributed by atoms with Crippen LogP contribution in [0, 0.1) is 0 Å². The second-order valence-electron chi connectivity index (χ2n) is 36.5. The number of unbranched alkanes of at least 4 members (excludes halogenated alkanes) is 10. The number of carbonyl (C=O) groups is 18. The highest BCUT2D eigenvalue weighted by Gasteiger charge is 2.37. The molecule has 8 atom stereocenters. The number of hydrogen-bond donors (Lipinski definition) is 26. The molecule has 0 aromatic heterocycles. The summed E-state index contributed by atoms with van der Waals surface area (Å²) < 4.78 is 0. The van der Waals surface area contributed by atoms with Gasteiger partial charge in [-0.05, 0) is 112 Å². The van der Waals surface area contributed by atoms with Crippen molar-refractivity contribution in [1.82, 2.24) is 106 Å². The minimum Gasteiger partial charge on any atom is -0.481 e. The van der Waals surface area contributed by atoms with Crippen molar-refractivity contribution in [2.75, 3.05) is 105 Å². The van der Waals surface area contributed by atoms with E-state index >= 15 is 0 Å². The average Bonchev–Trinajstić information content (AvgIpc) is 0.839. The minimum absolute atomic E-state index is 0.0135. The number of benzene rings is 4. The van der Waals surface area contributed by atoms with Gasteiger partial charge in [0.05, 0.1) is 11.1 Å². The van der Waals surface area contributed by atoms with E-state index in [0.29, 0.717) is 143 Å². The van der Waals surface area contributed by atoms with Gasteiger partial charge in [-0.25, -0.2) is 28.8 Å². The molecule has 14 amide bonds. The van der Waals surface area contributed by atoms with Crippen LogP contribution in [-0.2, 0) is 102 Å². The van der Waals surface area contributed by atoms with Crippen molar-refractivity contribution < 1.29 is 117 Å². The third kappa shape index (κ3) is 51.6.